The molecule has 1 fully saturated rings. The van der Waals surface area contributed by atoms with Crippen molar-refractivity contribution in [3.63, 3.8) is 0 Å². The first kappa shape index (κ1) is 23.5. The minimum absolute atomic E-state index is 0. The summed E-state index contributed by atoms with van der Waals surface area (Å²) in [6.07, 6.45) is 2.50. The summed E-state index contributed by atoms with van der Waals surface area (Å²) in [7, 11) is 1.72. The second-order valence-electron chi connectivity index (χ2n) is 7.14. The maximum absolute atomic E-state index is 13.7. The highest BCUT2D eigenvalue weighted by molar-refractivity contribution is 14.0. The number of likely N-dealkylation sites (tertiary alicyclic amines) is 1. The summed E-state index contributed by atoms with van der Waals surface area (Å²) in [5.74, 6) is -0.862. The first-order valence-electron chi connectivity index (χ1n) is 9.82. The first-order valence-corrected chi connectivity index (χ1v) is 9.82. The van der Waals surface area contributed by atoms with E-state index in [2.05, 4.69) is 44.8 Å². The van der Waals surface area contributed by atoms with Crippen LogP contribution in [-0.4, -0.2) is 43.6 Å². The molecule has 0 aromatic heterocycles. The molecule has 2 N–H and O–H groups in total. The maximum Gasteiger partial charge on any atom is 0.191 e. The Hall–Kier alpha value is -1.74. The van der Waals surface area contributed by atoms with Gasteiger partial charge in [0.1, 0.15) is 0 Å². The number of guanidine groups is 1. The molecule has 1 aliphatic rings. The molecular weight excluding hydrogens is 485 g/mol. The van der Waals surface area contributed by atoms with Crippen LogP contribution in [0.15, 0.2) is 53.5 Å². The van der Waals surface area contributed by atoms with Crippen LogP contribution in [0.4, 0.5) is 8.78 Å². The summed E-state index contributed by atoms with van der Waals surface area (Å²) in [5, 5.41) is 6.65. The van der Waals surface area contributed by atoms with Crippen molar-refractivity contribution in [1.29, 1.82) is 0 Å². The van der Waals surface area contributed by atoms with Crippen molar-refractivity contribution in [2.75, 3.05) is 26.7 Å². The minimum Gasteiger partial charge on any atom is -0.356 e. The second-order valence-corrected chi connectivity index (χ2v) is 7.14. The molecule has 0 radical (unpaired) electrons. The maximum atomic E-state index is 13.7. The van der Waals surface area contributed by atoms with Crippen molar-refractivity contribution in [3.05, 3.63) is 71.3 Å². The van der Waals surface area contributed by atoms with Crippen LogP contribution < -0.4 is 10.6 Å². The number of aliphatic imine (C=N–C) groups is 1. The molecule has 0 saturated carbocycles. The summed E-state index contributed by atoms with van der Waals surface area (Å²) < 4.78 is 27.0. The fourth-order valence-electron chi connectivity index (χ4n) is 3.52. The number of rotatable bonds is 6. The molecular formula is C22H29F2IN4. The fourth-order valence-corrected chi connectivity index (χ4v) is 3.52. The topological polar surface area (TPSA) is 39.7 Å². The summed E-state index contributed by atoms with van der Waals surface area (Å²) in [5.41, 5.74) is 1.72. The zero-order chi connectivity index (χ0) is 19.8. The van der Waals surface area contributed by atoms with Gasteiger partial charge >= 0.3 is 0 Å². The van der Waals surface area contributed by atoms with Crippen molar-refractivity contribution < 1.29 is 8.78 Å². The van der Waals surface area contributed by atoms with Gasteiger partial charge in [0.25, 0.3) is 0 Å². The average Bonchev–Trinajstić information content (AvgIpc) is 2.72. The highest BCUT2D eigenvalue weighted by Gasteiger charge is 2.20. The van der Waals surface area contributed by atoms with E-state index in [1.165, 1.54) is 11.6 Å². The van der Waals surface area contributed by atoms with Gasteiger partial charge in [-0.25, -0.2) is 8.78 Å². The third-order valence-electron chi connectivity index (χ3n) is 5.12. The third kappa shape index (κ3) is 7.22. The van der Waals surface area contributed by atoms with Crippen molar-refractivity contribution in [2.24, 2.45) is 4.99 Å². The first-order chi connectivity index (χ1) is 13.7. The largest absolute Gasteiger partial charge is 0.356 e. The molecule has 4 nitrogen and oxygen atoms in total. The molecule has 0 amide bonds. The lowest BCUT2D eigenvalue weighted by atomic mass is 10.0. The van der Waals surface area contributed by atoms with Gasteiger partial charge in [0.15, 0.2) is 17.6 Å². The molecule has 0 aliphatic carbocycles. The Morgan fingerprint density at radius 2 is 1.79 bits per heavy atom. The number of piperidine rings is 1. The molecule has 7 heteroatoms. The van der Waals surface area contributed by atoms with E-state index in [0.29, 0.717) is 30.5 Å². The molecule has 158 valence electrons. The molecule has 0 atom stereocenters. The van der Waals surface area contributed by atoms with Gasteiger partial charge in [-0.1, -0.05) is 42.5 Å². The smallest absolute Gasteiger partial charge is 0.191 e. The zero-order valence-electron chi connectivity index (χ0n) is 16.7. The van der Waals surface area contributed by atoms with Gasteiger partial charge in [-0.05, 0) is 36.5 Å². The van der Waals surface area contributed by atoms with Gasteiger partial charge in [-0.2, -0.15) is 0 Å². The molecule has 0 spiro atoms. The summed E-state index contributed by atoms with van der Waals surface area (Å²) >= 11 is 0. The van der Waals surface area contributed by atoms with Crippen molar-refractivity contribution in [3.8, 4) is 0 Å². The van der Waals surface area contributed by atoms with E-state index in [1.54, 1.807) is 13.1 Å². The monoisotopic (exact) mass is 514 g/mol. The molecule has 2 aromatic carbocycles. The normalized spacial score (nSPS) is 15.6. The number of nitrogens with zero attached hydrogens (tertiary/aromatic N) is 2. The van der Waals surface area contributed by atoms with E-state index in [9.17, 15) is 8.78 Å². The van der Waals surface area contributed by atoms with Gasteiger partial charge < -0.3 is 10.6 Å². The molecule has 2 aromatic rings. The van der Waals surface area contributed by atoms with E-state index in [4.69, 9.17) is 0 Å². The van der Waals surface area contributed by atoms with Crippen molar-refractivity contribution in [2.45, 2.75) is 31.8 Å². The lowest BCUT2D eigenvalue weighted by Gasteiger charge is -2.33. The molecule has 3 rings (SSSR count). The van der Waals surface area contributed by atoms with Crippen LogP contribution in [0.1, 0.15) is 24.0 Å². The Morgan fingerprint density at radius 3 is 2.48 bits per heavy atom. The lowest BCUT2D eigenvalue weighted by molar-refractivity contribution is 0.198. The van der Waals surface area contributed by atoms with Gasteiger partial charge in [0, 0.05) is 39.3 Å². The van der Waals surface area contributed by atoms with E-state index >= 15 is 0 Å². The molecule has 29 heavy (non-hydrogen) atoms. The predicted octanol–water partition coefficient (Wildman–Crippen LogP) is 3.95. The molecule has 1 heterocycles. The number of nitrogens with one attached hydrogen (secondary N) is 2. The summed E-state index contributed by atoms with van der Waals surface area (Å²) in [4.78, 5) is 6.72. The third-order valence-corrected chi connectivity index (χ3v) is 5.12. The van der Waals surface area contributed by atoms with Gasteiger partial charge in [0.2, 0.25) is 0 Å². The van der Waals surface area contributed by atoms with E-state index in [1.807, 2.05) is 6.07 Å². The number of hydrogen-bond acceptors (Lipinski definition) is 2. The highest BCUT2D eigenvalue weighted by atomic mass is 127. The lowest BCUT2D eigenvalue weighted by Crippen LogP contribution is -2.48. The SMILES string of the molecule is CN=C(NCCc1cccc(F)c1F)NC1CCN(Cc2ccccc2)CC1.I. The Kier molecular flexibility index (Phi) is 9.80. The average molecular weight is 514 g/mol. The predicted molar refractivity (Wildman–Crippen MR) is 125 cm³/mol. The fraction of sp³-hybridized carbons (Fsp3) is 0.409. The minimum atomic E-state index is -0.803. The van der Waals surface area contributed by atoms with Crippen LogP contribution in [0.2, 0.25) is 0 Å². The Balaban J connectivity index is 0.00000300. The number of halogens is 3. The van der Waals surface area contributed by atoms with Crippen LogP contribution in [0.3, 0.4) is 0 Å². The molecule has 1 aliphatic heterocycles. The second kappa shape index (κ2) is 12.1. The van der Waals surface area contributed by atoms with Crippen molar-refractivity contribution in [1.82, 2.24) is 15.5 Å². The molecule has 1 saturated heterocycles. The van der Waals surface area contributed by atoms with E-state index in [0.717, 1.165) is 38.5 Å². The van der Waals surface area contributed by atoms with Gasteiger partial charge in [0.05, 0.1) is 0 Å². The van der Waals surface area contributed by atoms with Crippen LogP contribution >= 0.6 is 24.0 Å². The van der Waals surface area contributed by atoms with Crippen LogP contribution in [0.5, 0.6) is 0 Å². The van der Waals surface area contributed by atoms with Crippen LogP contribution in [0.25, 0.3) is 0 Å². The Labute approximate surface area is 188 Å². The van der Waals surface area contributed by atoms with Gasteiger partial charge in [-0.15, -0.1) is 24.0 Å². The van der Waals surface area contributed by atoms with Crippen molar-refractivity contribution >= 4 is 29.9 Å². The highest BCUT2D eigenvalue weighted by Crippen LogP contribution is 2.14. The molecule has 0 bridgehead atoms. The zero-order valence-corrected chi connectivity index (χ0v) is 19.0. The standard InChI is InChI=1S/C22H28F2N4.HI/c1-25-22(26-13-10-18-8-5-9-20(23)21(18)24)27-19-11-14-28(15-12-19)16-17-6-3-2-4-7-17;/h2-9,19H,10-16H2,1H3,(H2,25,26,27);1H. The Morgan fingerprint density at radius 1 is 1.07 bits per heavy atom. The van der Waals surface area contributed by atoms with E-state index < -0.39 is 11.6 Å². The summed E-state index contributed by atoms with van der Waals surface area (Å²) in [6, 6.07) is 15.2. The van der Waals surface area contributed by atoms with E-state index in [-0.39, 0.29) is 24.0 Å². The number of hydrogen-bond donors (Lipinski definition) is 2. The molecule has 0 unspecified atom stereocenters. The quantitative estimate of drug-likeness (QED) is 0.349. The van der Waals surface area contributed by atoms with Gasteiger partial charge in [-0.3, -0.25) is 9.89 Å². The van der Waals surface area contributed by atoms with Crippen LogP contribution in [0, 0.1) is 11.6 Å². The van der Waals surface area contributed by atoms with Crippen LogP contribution in [-0.2, 0) is 13.0 Å². The summed E-state index contributed by atoms with van der Waals surface area (Å²) in [6.45, 7) is 3.56. The Bertz CT molecular complexity index is 778. The number of benzene rings is 2.